The van der Waals surface area contributed by atoms with Gasteiger partial charge in [-0.15, -0.1) is 0 Å². The molecule has 4 nitrogen and oxygen atoms in total. The molecule has 1 N–H and O–H groups in total. The average Bonchev–Trinajstić information content (AvgIpc) is 2.79. The first kappa shape index (κ1) is 11.2. The number of nitrogens with one attached hydrogen (secondary N) is 1. The molecule has 0 aliphatic carbocycles. The summed E-state index contributed by atoms with van der Waals surface area (Å²) in [6, 6.07) is 4.47. The number of ether oxygens (including phenoxy) is 1. The van der Waals surface area contributed by atoms with Gasteiger partial charge in [-0.2, -0.15) is 0 Å². The van der Waals surface area contributed by atoms with E-state index in [1.54, 1.807) is 0 Å². The van der Waals surface area contributed by atoms with Crippen LogP contribution in [0.1, 0.15) is 13.3 Å². The average molecular weight is 221 g/mol. The van der Waals surface area contributed by atoms with E-state index in [0.29, 0.717) is 12.6 Å². The first-order valence-electron chi connectivity index (χ1n) is 5.85. The molecule has 1 fully saturated rings. The van der Waals surface area contributed by atoms with Crippen molar-refractivity contribution in [2.24, 2.45) is 0 Å². The van der Waals surface area contributed by atoms with E-state index in [9.17, 15) is 0 Å². The Hall–Kier alpha value is -1.29. The zero-order valence-corrected chi connectivity index (χ0v) is 9.94. The van der Waals surface area contributed by atoms with Crippen LogP contribution in [0, 0.1) is 0 Å². The van der Waals surface area contributed by atoms with Crippen molar-refractivity contribution in [3.63, 3.8) is 0 Å². The van der Waals surface area contributed by atoms with Crippen LogP contribution in [-0.4, -0.2) is 37.8 Å². The summed E-state index contributed by atoms with van der Waals surface area (Å²) in [5.41, 5.74) is 0. The highest BCUT2D eigenvalue weighted by Gasteiger charge is 2.24. The molecule has 0 aromatic carbocycles. The molecule has 0 radical (unpaired) electrons. The Bertz CT molecular complexity index is 343. The molecule has 1 aromatic rings. The number of rotatable bonds is 4. The van der Waals surface area contributed by atoms with Crippen LogP contribution in [0.5, 0.6) is 5.75 Å². The molecule has 2 heterocycles. The molecule has 1 atom stereocenters. The molecule has 4 heteroatoms. The van der Waals surface area contributed by atoms with Gasteiger partial charge in [-0.3, -0.25) is 0 Å². The van der Waals surface area contributed by atoms with Crippen LogP contribution in [0.25, 0.3) is 0 Å². The lowest BCUT2D eigenvalue weighted by Gasteiger charge is -2.20. The molecule has 1 aliphatic rings. The normalized spacial score (nSPS) is 20.1. The molecule has 1 aliphatic heterocycles. The van der Waals surface area contributed by atoms with Crippen molar-refractivity contribution < 1.29 is 4.74 Å². The maximum atomic E-state index is 5.59. The second kappa shape index (κ2) is 5.16. The minimum Gasteiger partial charge on any atom is -0.490 e. The molecular formula is C12H19N3O. The summed E-state index contributed by atoms with van der Waals surface area (Å²) in [6.07, 6.45) is 2.99. The fraction of sp³-hybridized carbons (Fsp3) is 0.583. The van der Waals surface area contributed by atoms with E-state index in [1.165, 1.54) is 6.42 Å². The molecule has 1 unspecified atom stereocenters. The highest BCUT2D eigenvalue weighted by Crippen LogP contribution is 2.28. The van der Waals surface area contributed by atoms with Gasteiger partial charge in [0.25, 0.3) is 0 Å². The van der Waals surface area contributed by atoms with Crippen LogP contribution in [-0.2, 0) is 0 Å². The van der Waals surface area contributed by atoms with Gasteiger partial charge >= 0.3 is 0 Å². The smallest absolute Gasteiger partial charge is 0.171 e. The largest absolute Gasteiger partial charge is 0.490 e. The Morgan fingerprint density at radius 3 is 3.19 bits per heavy atom. The topological polar surface area (TPSA) is 37.4 Å². The first-order valence-corrected chi connectivity index (χ1v) is 5.85. The number of nitrogens with zero attached hydrogens (tertiary/aromatic N) is 2. The van der Waals surface area contributed by atoms with Crippen LogP contribution in [0.15, 0.2) is 18.3 Å². The van der Waals surface area contributed by atoms with Crippen molar-refractivity contribution in [3.05, 3.63) is 18.3 Å². The third kappa shape index (κ3) is 2.27. The number of pyridine rings is 1. The Kier molecular flexibility index (Phi) is 3.62. The van der Waals surface area contributed by atoms with Crippen LogP contribution in [0.3, 0.4) is 0 Å². The predicted molar refractivity (Wildman–Crippen MR) is 65.1 cm³/mol. The van der Waals surface area contributed by atoms with E-state index in [4.69, 9.17) is 4.74 Å². The first-order chi connectivity index (χ1) is 7.85. The monoisotopic (exact) mass is 221 g/mol. The van der Waals surface area contributed by atoms with Crippen molar-refractivity contribution in [3.8, 4) is 5.75 Å². The van der Waals surface area contributed by atoms with Crippen LogP contribution in [0.4, 0.5) is 5.82 Å². The SMILES string of the molecule is CCOc1cccnc1N1CCC(NC)C1. The second-order valence-electron chi connectivity index (χ2n) is 3.98. The minimum absolute atomic E-state index is 0.566. The predicted octanol–water partition coefficient (Wildman–Crippen LogP) is 1.28. The zero-order chi connectivity index (χ0) is 11.4. The molecule has 88 valence electrons. The van der Waals surface area contributed by atoms with Crippen LogP contribution < -0.4 is 15.0 Å². The Morgan fingerprint density at radius 2 is 2.50 bits per heavy atom. The minimum atomic E-state index is 0.566. The Morgan fingerprint density at radius 1 is 1.62 bits per heavy atom. The molecule has 0 amide bonds. The standard InChI is InChI=1S/C12H19N3O/c1-3-16-11-5-4-7-14-12(11)15-8-6-10(9-15)13-2/h4-5,7,10,13H,3,6,8-9H2,1-2H3. The maximum Gasteiger partial charge on any atom is 0.171 e. The summed E-state index contributed by atoms with van der Waals surface area (Å²) in [7, 11) is 2.01. The van der Waals surface area contributed by atoms with Gasteiger partial charge in [0, 0.05) is 25.3 Å². The van der Waals surface area contributed by atoms with E-state index in [1.807, 2.05) is 32.3 Å². The summed E-state index contributed by atoms with van der Waals surface area (Å²) in [5.74, 6) is 1.86. The fourth-order valence-corrected chi connectivity index (χ4v) is 2.08. The van der Waals surface area contributed by atoms with Crippen molar-refractivity contribution in [2.75, 3.05) is 31.6 Å². The van der Waals surface area contributed by atoms with Gasteiger partial charge in [-0.25, -0.2) is 4.98 Å². The van der Waals surface area contributed by atoms with E-state index < -0.39 is 0 Å². The van der Waals surface area contributed by atoms with E-state index >= 15 is 0 Å². The summed E-state index contributed by atoms with van der Waals surface area (Å²) < 4.78 is 5.59. The molecule has 1 aromatic heterocycles. The summed E-state index contributed by atoms with van der Waals surface area (Å²) in [4.78, 5) is 6.71. The van der Waals surface area contributed by atoms with Gasteiger partial charge in [0.15, 0.2) is 11.6 Å². The summed E-state index contributed by atoms with van der Waals surface area (Å²) in [6.45, 7) is 4.73. The molecule has 0 saturated carbocycles. The van der Waals surface area contributed by atoms with E-state index in [2.05, 4.69) is 15.2 Å². The third-order valence-corrected chi connectivity index (χ3v) is 2.95. The van der Waals surface area contributed by atoms with Gasteiger partial charge < -0.3 is 15.0 Å². The van der Waals surface area contributed by atoms with E-state index in [0.717, 1.165) is 24.7 Å². The lowest BCUT2D eigenvalue weighted by atomic mass is 10.3. The quantitative estimate of drug-likeness (QED) is 0.831. The van der Waals surface area contributed by atoms with Crippen molar-refractivity contribution in [1.29, 1.82) is 0 Å². The number of likely N-dealkylation sites (N-methyl/N-ethyl adjacent to an activating group) is 1. The second-order valence-corrected chi connectivity index (χ2v) is 3.98. The highest BCUT2D eigenvalue weighted by molar-refractivity contribution is 5.53. The highest BCUT2D eigenvalue weighted by atomic mass is 16.5. The van der Waals surface area contributed by atoms with Crippen molar-refractivity contribution in [1.82, 2.24) is 10.3 Å². The summed E-state index contributed by atoms with van der Waals surface area (Å²) in [5, 5.41) is 3.30. The van der Waals surface area contributed by atoms with Gasteiger partial charge in [-0.1, -0.05) is 0 Å². The lowest BCUT2D eigenvalue weighted by Crippen LogP contribution is -2.30. The lowest BCUT2D eigenvalue weighted by molar-refractivity contribution is 0.339. The van der Waals surface area contributed by atoms with Gasteiger partial charge in [-0.05, 0) is 32.5 Å². The number of hydrogen-bond donors (Lipinski definition) is 1. The fourth-order valence-electron chi connectivity index (χ4n) is 2.08. The molecule has 0 bridgehead atoms. The number of aromatic nitrogens is 1. The molecule has 1 saturated heterocycles. The maximum absolute atomic E-state index is 5.59. The van der Waals surface area contributed by atoms with Crippen molar-refractivity contribution in [2.45, 2.75) is 19.4 Å². The Labute approximate surface area is 96.6 Å². The zero-order valence-electron chi connectivity index (χ0n) is 9.94. The molecule has 2 rings (SSSR count). The number of anilines is 1. The van der Waals surface area contributed by atoms with Crippen molar-refractivity contribution >= 4 is 5.82 Å². The van der Waals surface area contributed by atoms with Crippen LogP contribution >= 0.6 is 0 Å². The molecule has 0 spiro atoms. The molecule has 16 heavy (non-hydrogen) atoms. The third-order valence-electron chi connectivity index (χ3n) is 2.95. The van der Waals surface area contributed by atoms with E-state index in [-0.39, 0.29) is 0 Å². The van der Waals surface area contributed by atoms with Gasteiger partial charge in [0.2, 0.25) is 0 Å². The summed E-state index contributed by atoms with van der Waals surface area (Å²) >= 11 is 0. The van der Waals surface area contributed by atoms with Gasteiger partial charge in [0.05, 0.1) is 6.61 Å². The number of hydrogen-bond acceptors (Lipinski definition) is 4. The molecular weight excluding hydrogens is 202 g/mol. The van der Waals surface area contributed by atoms with Gasteiger partial charge in [0.1, 0.15) is 0 Å². The Balaban J connectivity index is 2.14. The van der Waals surface area contributed by atoms with Crippen LogP contribution in [0.2, 0.25) is 0 Å².